The summed E-state index contributed by atoms with van der Waals surface area (Å²) in [5.74, 6) is 2.50. The maximum absolute atomic E-state index is 5.71. The van der Waals surface area contributed by atoms with Crippen molar-refractivity contribution in [2.75, 3.05) is 0 Å². The summed E-state index contributed by atoms with van der Waals surface area (Å²) in [6.07, 6.45) is 6.43. The molecule has 3 rings (SSSR count). The number of benzene rings is 1. The molecule has 0 amide bonds. The summed E-state index contributed by atoms with van der Waals surface area (Å²) in [6.45, 7) is 0.557. The fourth-order valence-electron chi connectivity index (χ4n) is 3.03. The molecule has 0 bridgehead atoms. The van der Waals surface area contributed by atoms with E-state index in [2.05, 4.69) is 17.2 Å². The van der Waals surface area contributed by atoms with E-state index in [4.69, 9.17) is 10.7 Å². The minimum atomic E-state index is 0.543. The van der Waals surface area contributed by atoms with Crippen LogP contribution >= 0.6 is 0 Å². The SMILES string of the molecule is Cn1nc(C2CCCCC2)nc1-c1cccc(CN)c1. The standard InChI is InChI=1S/C16H22N4/c1-20-16(14-9-5-6-12(10-14)11-17)18-15(19-20)13-7-3-2-4-8-13/h5-6,9-10,13H,2-4,7-8,11,17H2,1H3. The van der Waals surface area contributed by atoms with Crippen LogP contribution in [0, 0.1) is 0 Å². The molecular formula is C16H22N4. The molecule has 2 N–H and O–H groups in total. The van der Waals surface area contributed by atoms with Crippen LogP contribution in [0.2, 0.25) is 0 Å². The Balaban J connectivity index is 1.91. The number of aryl methyl sites for hydroxylation is 1. The van der Waals surface area contributed by atoms with E-state index in [1.807, 2.05) is 23.9 Å². The molecule has 1 aromatic heterocycles. The van der Waals surface area contributed by atoms with Crippen molar-refractivity contribution in [1.29, 1.82) is 0 Å². The molecule has 0 aliphatic heterocycles. The van der Waals surface area contributed by atoms with Crippen LogP contribution in [-0.2, 0) is 13.6 Å². The van der Waals surface area contributed by atoms with Crippen molar-refractivity contribution in [2.45, 2.75) is 44.6 Å². The van der Waals surface area contributed by atoms with Gasteiger partial charge in [0, 0.05) is 25.1 Å². The van der Waals surface area contributed by atoms with Gasteiger partial charge in [-0.05, 0) is 24.5 Å². The minimum Gasteiger partial charge on any atom is -0.326 e. The second-order valence-electron chi connectivity index (χ2n) is 5.66. The third-order valence-corrected chi connectivity index (χ3v) is 4.17. The number of rotatable bonds is 3. The van der Waals surface area contributed by atoms with Crippen molar-refractivity contribution in [3.63, 3.8) is 0 Å². The summed E-state index contributed by atoms with van der Waals surface area (Å²) in [6, 6.07) is 8.26. The fraction of sp³-hybridized carbons (Fsp3) is 0.500. The maximum Gasteiger partial charge on any atom is 0.158 e. The summed E-state index contributed by atoms with van der Waals surface area (Å²) in [4.78, 5) is 4.79. The average molecular weight is 270 g/mol. The summed E-state index contributed by atoms with van der Waals surface area (Å²) >= 11 is 0. The van der Waals surface area contributed by atoms with Crippen molar-refractivity contribution < 1.29 is 0 Å². The van der Waals surface area contributed by atoms with E-state index in [1.165, 1.54) is 32.1 Å². The highest BCUT2D eigenvalue weighted by Gasteiger charge is 2.21. The number of nitrogens with zero attached hydrogens (tertiary/aromatic N) is 3. The predicted molar refractivity (Wildman–Crippen MR) is 80.2 cm³/mol. The maximum atomic E-state index is 5.71. The first-order valence-corrected chi connectivity index (χ1v) is 7.48. The van der Waals surface area contributed by atoms with Gasteiger partial charge < -0.3 is 5.73 Å². The van der Waals surface area contributed by atoms with E-state index in [-0.39, 0.29) is 0 Å². The van der Waals surface area contributed by atoms with Gasteiger partial charge in [0.1, 0.15) is 0 Å². The van der Waals surface area contributed by atoms with Gasteiger partial charge in [-0.3, -0.25) is 0 Å². The third-order valence-electron chi connectivity index (χ3n) is 4.17. The van der Waals surface area contributed by atoms with E-state index < -0.39 is 0 Å². The van der Waals surface area contributed by atoms with Crippen molar-refractivity contribution in [3.8, 4) is 11.4 Å². The number of hydrogen-bond donors (Lipinski definition) is 1. The zero-order chi connectivity index (χ0) is 13.9. The Morgan fingerprint density at radius 1 is 1.25 bits per heavy atom. The quantitative estimate of drug-likeness (QED) is 0.932. The van der Waals surface area contributed by atoms with E-state index in [1.54, 1.807) is 0 Å². The highest BCUT2D eigenvalue weighted by atomic mass is 15.3. The monoisotopic (exact) mass is 270 g/mol. The highest BCUT2D eigenvalue weighted by molar-refractivity contribution is 5.56. The lowest BCUT2D eigenvalue weighted by Crippen LogP contribution is -2.06. The van der Waals surface area contributed by atoms with E-state index in [9.17, 15) is 0 Å². The first-order valence-electron chi connectivity index (χ1n) is 7.48. The molecule has 1 aliphatic rings. The summed E-state index contributed by atoms with van der Waals surface area (Å²) < 4.78 is 1.90. The Hall–Kier alpha value is -1.68. The van der Waals surface area contributed by atoms with Crippen LogP contribution in [0.4, 0.5) is 0 Å². The molecule has 20 heavy (non-hydrogen) atoms. The molecule has 4 nitrogen and oxygen atoms in total. The number of nitrogens with two attached hydrogens (primary N) is 1. The van der Waals surface area contributed by atoms with Gasteiger partial charge in [-0.15, -0.1) is 0 Å². The zero-order valence-corrected chi connectivity index (χ0v) is 12.0. The second kappa shape index (κ2) is 5.75. The van der Waals surface area contributed by atoms with Crippen LogP contribution in [0.1, 0.15) is 49.4 Å². The van der Waals surface area contributed by atoms with Crippen LogP contribution in [0.15, 0.2) is 24.3 Å². The Bertz CT molecular complexity index is 582. The van der Waals surface area contributed by atoms with Gasteiger partial charge in [-0.1, -0.05) is 37.5 Å². The third kappa shape index (κ3) is 2.61. The first-order chi connectivity index (χ1) is 9.78. The molecule has 1 heterocycles. The van der Waals surface area contributed by atoms with Gasteiger partial charge in [0.15, 0.2) is 11.6 Å². The molecule has 0 saturated heterocycles. The first kappa shape index (κ1) is 13.3. The van der Waals surface area contributed by atoms with Crippen LogP contribution < -0.4 is 5.73 Å². The second-order valence-corrected chi connectivity index (χ2v) is 5.66. The Kier molecular flexibility index (Phi) is 3.83. The van der Waals surface area contributed by atoms with Crippen LogP contribution in [0.5, 0.6) is 0 Å². The Labute approximate surface area is 120 Å². The van der Waals surface area contributed by atoms with Crippen molar-refractivity contribution in [2.24, 2.45) is 12.8 Å². The molecule has 0 radical (unpaired) electrons. The van der Waals surface area contributed by atoms with Gasteiger partial charge in [-0.25, -0.2) is 9.67 Å². The molecule has 0 spiro atoms. The summed E-state index contributed by atoms with van der Waals surface area (Å²) in [5, 5.41) is 4.64. The van der Waals surface area contributed by atoms with Gasteiger partial charge in [0.25, 0.3) is 0 Å². The molecule has 106 valence electrons. The van der Waals surface area contributed by atoms with Crippen LogP contribution in [-0.4, -0.2) is 14.8 Å². The van der Waals surface area contributed by atoms with E-state index in [0.717, 1.165) is 22.8 Å². The van der Waals surface area contributed by atoms with E-state index in [0.29, 0.717) is 12.5 Å². The lowest BCUT2D eigenvalue weighted by molar-refractivity contribution is 0.427. The molecule has 1 saturated carbocycles. The molecule has 0 unspecified atom stereocenters. The molecule has 2 aromatic rings. The van der Waals surface area contributed by atoms with Crippen LogP contribution in [0.3, 0.4) is 0 Å². The van der Waals surface area contributed by atoms with Crippen LogP contribution in [0.25, 0.3) is 11.4 Å². The van der Waals surface area contributed by atoms with Crippen molar-refractivity contribution in [3.05, 3.63) is 35.7 Å². The minimum absolute atomic E-state index is 0.543. The molecule has 1 aromatic carbocycles. The normalized spacial score (nSPS) is 16.5. The fourth-order valence-corrected chi connectivity index (χ4v) is 3.03. The lowest BCUT2D eigenvalue weighted by Gasteiger charge is -2.18. The van der Waals surface area contributed by atoms with Gasteiger partial charge in [0.2, 0.25) is 0 Å². The molecule has 1 aliphatic carbocycles. The topological polar surface area (TPSA) is 56.7 Å². The molecule has 4 heteroatoms. The largest absolute Gasteiger partial charge is 0.326 e. The van der Waals surface area contributed by atoms with Crippen molar-refractivity contribution >= 4 is 0 Å². The van der Waals surface area contributed by atoms with Gasteiger partial charge in [0.05, 0.1) is 0 Å². The highest BCUT2D eigenvalue weighted by Crippen LogP contribution is 2.31. The molecule has 1 fully saturated rings. The molecule has 0 atom stereocenters. The van der Waals surface area contributed by atoms with Gasteiger partial charge in [-0.2, -0.15) is 5.10 Å². The number of aromatic nitrogens is 3. The zero-order valence-electron chi connectivity index (χ0n) is 12.0. The summed E-state index contributed by atoms with van der Waals surface area (Å²) in [7, 11) is 1.98. The average Bonchev–Trinajstić information content (AvgIpc) is 2.90. The smallest absolute Gasteiger partial charge is 0.158 e. The Morgan fingerprint density at radius 3 is 2.80 bits per heavy atom. The van der Waals surface area contributed by atoms with Gasteiger partial charge >= 0.3 is 0 Å². The van der Waals surface area contributed by atoms with Crippen molar-refractivity contribution in [1.82, 2.24) is 14.8 Å². The predicted octanol–water partition coefficient (Wildman–Crippen LogP) is 2.99. The lowest BCUT2D eigenvalue weighted by atomic mass is 9.89. The van der Waals surface area contributed by atoms with E-state index >= 15 is 0 Å². The summed E-state index contributed by atoms with van der Waals surface area (Å²) in [5.41, 5.74) is 7.95. The Morgan fingerprint density at radius 2 is 2.05 bits per heavy atom. The molecular weight excluding hydrogens is 248 g/mol. The number of hydrogen-bond acceptors (Lipinski definition) is 3.